The third-order valence-electron chi connectivity index (χ3n) is 3.47. The summed E-state index contributed by atoms with van der Waals surface area (Å²) in [5.74, 6) is 1.91. The van der Waals surface area contributed by atoms with E-state index in [1.54, 1.807) is 0 Å². The van der Waals surface area contributed by atoms with Crippen LogP contribution < -0.4 is 10.6 Å². The van der Waals surface area contributed by atoms with Gasteiger partial charge in [-0.1, -0.05) is 18.5 Å². The van der Waals surface area contributed by atoms with Crippen LogP contribution in [0.25, 0.3) is 0 Å². The second kappa shape index (κ2) is 7.57. The molecule has 1 aliphatic carbocycles. The maximum absolute atomic E-state index is 11.9. The average molecular weight is 297 g/mol. The summed E-state index contributed by atoms with van der Waals surface area (Å²) >= 11 is 2.00. The van der Waals surface area contributed by atoms with E-state index in [-0.39, 0.29) is 6.03 Å². The van der Waals surface area contributed by atoms with Crippen LogP contribution in [0.5, 0.6) is 0 Å². The van der Waals surface area contributed by atoms with Gasteiger partial charge in [0.25, 0.3) is 0 Å². The number of thioether (sulfide) groups is 1. The van der Waals surface area contributed by atoms with Gasteiger partial charge in [-0.25, -0.2) is 4.79 Å². The molecule has 112 valence electrons. The first-order valence-electron chi connectivity index (χ1n) is 7.25. The van der Waals surface area contributed by atoms with Gasteiger partial charge in [0.2, 0.25) is 0 Å². The molecule has 1 saturated carbocycles. The highest BCUT2D eigenvalue weighted by atomic mass is 32.2. The fraction of sp³-hybridized carbons (Fsp3) is 0.714. The monoisotopic (exact) mass is 297 g/mol. The van der Waals surface area contributed by atoms with Gasteiger partial charge >= 0.3 is 6.03 Å². The fourth-order valence-electron chi connectivity index (χ4n) is 2.57. The van der Waals surface area contributed by atoms with Crippen LogP contribution in [-0.4, -0.2) is 28.2 Å². The van der Waals surface area contributed by atoms with E-state index in [4.69, 9.17) is 4.52 Å². The normalized spacial score (nSPS) is 22.5. The molecule has 1 aromatic heterocycles. The lowest BCUT2D eigenvalue weighted by atomic mass is 9.95. The van der Waals surface area contributed by atoms with Crippen molar-refractivity contribution < 1.29 is 9.32 Å². The summed E-state index contributed by atoms with van der Waals surface area (Å²) in [5.41, 5.74) is 0.751. The van der Waals surface area contributed by atoms with Gasteiger partial charge in [-0.2, -0.15) is 11.8 Å². The van der Waals surface area contributed by atoms with Gasteiger partial charge in [0.05, 0.1) is 6.54 Å². The summed E-state index contributed by atoms with van der Waals surface area (Å²) in [5, 5.41) is 10.4. The number of urea groups is 1. The largest absolute Gasteiger partial charge is 0.361 e. The van der Waals surface area contributed by atoms with Crippen LogP contribution in [0.2, 0.25) is 0 Å². The Balaban J connectivity index is 1.71. The quantitative estimate of drug-likeness (QED) is 0.877. The molecule has 1 heterocycles. The van der Waals surface area contributed by atoms with Crippen LogP contribution in [0.3, 0.4) is 0 Å². The first kappa shape index (κ1) is 15.2. The summed E-state index contributed by atoms with van der Waals surface area (Å²) < 4.78 is 4.96. The topological polar surface area (TPSA) is 67.2 Å². The molecule has 2 atom stereocenters. The highest BCUT2D eigenvalue weighted by Gasteiger charge is 2.23. The SMILES string of the molecule is CCSC1CCCC(NC(=O)NCc2cc(C)on2)C1. The number of amides is 2. The summed E-state index contributed by atoms with van der Waals surface area (Å²) in [4.78, 5) is 11.9. The minimum absolute atomic E-state index is 0.113. The van der Waals surface area contributed by atoms with Gasteiger partial charge in [-0.3, -0.25) is 0 Å². The molecule has 1 fully saturated rings. The van der Waals surface area contributed by atoms with Crippen molar-refractivity contribution in [2.24, 2.45) is 0 Å². The third kappa shape index (κ3) is 4.74. The molecule has 1 aromatic rings. The molecule has 20 heavy (non-hydrogen) atoms. The van der Waals surface area contributed by atoms with E-state index in [9.17, 15) is 4.79 Å². The molecule has 0 aromatic carbocycles. The molecule has 2 unspecified atom stereocenters. The predicted molar refractivity (Wildman–Crippen MR) is 80.8 cm³/mol. The molecule has 2 amide bonds. The average Bonchev–Trinajstić information content (AvgIpc) is 2.83. The fourth-order valence-corrected chi connectivity index (χ4v) is 3.74. The van der Waals surface area contributed by atoms with E-state index in [0.29, 0.717) is 17.8 Å². The number of rotatable bonds is 5. The molecule has 0 bridgehead atoms. The van der Waals surface area contributed by atoms with Crippen molar-refractivity contribution >= 4 is 17.8 Å². The maximum atomic E-state index is 11.9. The van der Waals surface area contributed by atoms with Crippen molar-refractivity contribution in [2.75, 3.05) is 5.75 Å². The number of nitrogens with one attached hydrogen (secondary N) is 2. The minimum atomic E-state index is -0.113. The number of aryl methyl sites for hydroxylation is 1. The summed E-state index contributed by atoms with van der Waals surface area (Å²) in [6.07, 6.45) is 4.63. The van der Waals surface area contributed by atoms with Crippen molar-refractivity contribution in [3.05, 3.63) is 17.5 Å². The highest BCUT2D eigenvalue weighted by molar-refractivity contribution is 7.99. The Morgan fingerprint density at radius 2 is 2.40 bits per heavy atom. The van der Waals surface area contributed by atoms with E-state index < -0.39 is 0 Å². The zero-order chi connectivity index (χ0) is 14.4. The van der Waals surface area contributed by atoms with Crippen molar-refractivity contribution in [3.8, 4) is 0 Å². The van der Waals surface area contributed by atoms with Crippen molar-refractivity contribution in [3.63, 3.8) is 0 Å². The summed E-state index contributed by atoms with van der Waals surface area (Å²) in [7, 11) is 0. The van der Waals surface area contributed by atoms with Crippen LogP contribution in [0, 0.1) is 6.92 Å². The molecule has 2 N–H and O–H groups in total. The molecule has 0 spiro atoms. The number of nitrogens with zero attached hydrogens (tertiary/aromatic N) is 1. The van der Waals surface area contributed by atoms with Gasteiger partial charge in [-0.05, 0) is 31.9 Å². The number of carbonyl (C=O) groups excluding carboxylic acids is 1. The van der Waals surface area contributed by atoms with Gasteiger partial charge in [0.1, 0.15) is 11.5 Å². The van der Waals surface area contributed by atoms with Gasteiger partial charge in [0.15, 0.2) is 0 Å². The molecule has 0 radical (unpaired) electrons. The number of hydrogen-bond acceptors (Lipinski definition) is 4. The Hall–Kier alpha value is -1.17. The second-order valence-electron chi connectivity index (χ2n) is 5.20. The Kier molecular flexibility index (Phi) is 5.76. The third-order valence-corrected chi connectivity index (χ3v) is 4.70. The van der Waals surface area contributed by atoms with Crippen LogP contribution in [-0.2, 0) is 6.54 Å². The first-order valence-corrected chi connectivity index (χ1v) is 8.30. The van der Waals surface area contributed by atoms with Gasteiger partial charge in [0, 0.05) is 17.4 Å². The summed E-state index contributed by atoms with van der Waals surface area (Å²) in [6.45, 7) is 4.43. The number of carbonyl (C=O) groups is 1. The molecule has 0 aliphatic heterocycles. The van der Waals surface area contributed by atoms with Crippen molar-refractivity contribution in [2.45, 2.75) is 57.4 Å². The van der Waals surface area contributed by atoms with Crippen LogP contribution in [0.1, 0.15) is 44.1 Å². The van der Waals surface area contributed by atoms with Crippen molar-refractivity contribution in [1.82, 2.24) is 15.8 Å². The number of hydrogen-bond donors (Lipinski definition) is 2. The number of aromatic nitrogens is 1. The Bertz CT molecular complexity index is 434. The van der Waals surface area contributed by atoms with Crippen molar-refractivity contribution in [1.29, 1.82) is 0 Å². The Labute approximate surface area is 124 Å². The first-order chi connectivity index (χ1) is 9.67. The van der Waals surface area contributed by atoms with Crippen LogP contribution >= 0.6 is 11.8 Å². The lowest BCUT2D eigenvalue weighted by Crippen LogP contribution is -2.44. The molecular formula is C14H23N3O2S. The zero-order valence-corrected chi connectivity index (χ0v) is 13.0. The molecule has 6 heteroatoms. The highest BCUT2D eigenvalue weighted by Crippen LogP contribution is 2.28. The molecule has 1 aliphatic rings. The van der Waals surface area contributed by atoms with Crippen LogP contribution in [0.4, 0.5) is 4.79 Å². The van der Waals surface area contributed by atoms with Gasteiger partial charge < -0.3 is 15.2 Å². The molecule has 0 saturated heterocycles. The van der Waals surface area contributed by atoms with E-state index >= 15 is 0 Å². The molecule has 5 nitrogen and oxygen atoms in total. The van der Waals surface area contributed by atoms with Gasteiger partial charge in [-0.15, -0.1) is 0 Å². The second-order valence-corrected chi connectivity index (χ2v) is 6.77. The lowest BCUT2D eigenvalue weighted by molar-refractivity contribution is 0.232. The standard InChI is InChI=1S/C14H23N3O2S/c1-3-20-13-6-4-5-11(8-13)16-14(18)15-9-12-7-10(2)19-17-12/h7,11,13H,3-6,8-9H2,1-2H3,(H2,15,16,18). The van der Waals surface area contributed by atoms with E-state index in [1.807, 2.05) is 24.8 Å². The smallest absolute Gasteiger partial charge is 0.315 e. The predicted octanol–water partition coefficient (Wildman–Crippen LogP) is 2.85. The molecule has 2 rings (SSSR count). The Morgan fingerprint density at radius 3 is 3.10 bits per heavy atom. The lowest BCUT2D eigenvalue weighted by Gasteiger charge is -2.29. The zero-order valence-electron chi connectivity index (χ0n) is 12.1. The van der Waals surface area contributed by atoms with Crippen LogP contribution in [0.15, 0.2) is 10.6 Å². The van der Waals surface area contributed by atoms with E-state index in [2.05, 4.69) is 22.7 Å². The van der Waals surface area contributed by atoms with E-state index in [0.717, 1.165) is 30.0 Å². The summed E-state index contributed by atoms with van der Waals surface area (Å²) in [6, 6.07) is 2.01. The maximum Gasteiger partial charge on any atom is 0.315 e. The van der Waals surface area contributed by atoms with E-state index in [1.165, 1.54) is 12.8 Å². The Morgan fingerprint density at radius 1 is 1.55 bits per heavy atom. The minimum Gasteiger partial charge on any atom is -0.361 e. The molecular weight excluding hydrogens is 274 g/mol.